The summed E-state index contributed by atoms with van der Waals surface area (Å²) in [7, 11) is -0.488. The molecule has 0 aliphatic carbocycles. The molecule has 3 heterocycles. The first-order valence-electron chi connectivity index (χ1n) is 12.7. The zero-order valence-electron chi connectivity index (χ0n) is 22.1. The maximum atomic E-state index is 13.1. The number of hydrogen-bond donors (Lipinski definition) is 1. The Hall–Kier alpha value is -3.05. The number of carbonyl (C=O) groups is 1. The molecular weight excluding hydrogens is 498 g/mol. The summed E-state index contributed by atoms with van der Waals surface area (Å²) < 4.78 is 55.4. The third kappa shape index (κ3) is 4.77. The summed E-state index contributed by atoms with van der Waals surface area (Å²) >= 11 is 0. The first-order valence-corrected chi connectivity index (χ1v) is 12.7. The molecule has 0 bridgehead atoms. The quantitative estimate of drug-likeness (QED) is 0.602. The number of nitrogens with one attached hydrogen (secondary N) is 1. The van der Waals surface area contributed by atoms with Gasteiger partial charge in [-0.05, 0) is 70.8 Å². The number of amides is 1. The standard InChI is InChI=1S/C27H31BF3N3O4/c1-17-16-26(23(35)32-22(33-26)20-11-6-7-12-21(20)36-27(29,30)31)13-14-34(17)19-10-8-9-18(15-19)28-37-24(2,3)25(4,5)38-28/h6-12,15,17H,13-14,16H2,1-5H3,(H,32,33,35)/t17-,26+/m0/s1. The zero-order chi connectivity index (χ0) is 27.5. The van der Waals surface area contributed by atoms with Gasteiger partial charge in [0.1, 0.15) is 17.1 Å². The molecule has 2 aromatic rings. The lowest BCUT2D eigenvalue weighted by Gasteiger charge is -2.42. The molecule has 3 aliphatic rings. The molecule has 202 valence electrons. The highest BCUT2D eigenvalue weighted by atomic mass is 19.4. The minimum Gasteiger partial charge on any atom is -0.405 e. The SMILES string of the molecule is C[C@H]1C[C@@]2(CCN1c1cccc(B3OC(C)(C)C(C)(C)O3)c1)N=C(c1ccccc1OC(F)(F)F)NC2=O. The minimum absolute atomic E-state index is 0.0622. The van der Waals surface area contributed by atoms with Gasteiger partial charge in [0.25, 0.3) is 5.91 Å². The van der Waals surface area contributed by atoms with E-state index in [4.69, 9.17) is 9.31 Å². The van der Waals surface area contributed by atoms with Crippen molar-refractivity contribution >= 4 is 30.0 Å². The number of halogens is 3. The van der Waals surface area contributed by atoms with Crippen LogP contribution in [0.2, 0.25) is 0 Å². The molecule has 1 amide bonds. The van der Waals surface area contributed by atoms with Crippen LogP contribution in [0.25, 0.3) is 0 Å². The van der Waals surface area contributed by atoms with Crippen LogP contribution in [0.4, 0.5) is 18.9 Å². The van der Waals surface area contributed by atoms with E-state index in [-0.39, 0.29) is 23.3 Å². The van der Waals surface area contributed by atoms with Gasteiger partial charge in [-0.25, -0.2) is 0 Å². The highest BCUT2D eigenvalue weighted by Crippen LogP contribution is 2.39. The van der Waals surface area contributed by atoms with Gasteiger partial charge in [-0.2, -0.15) is 0 Å². The van der Waals surface area contributed by atoms with Crippen molar-refractivity contribution in [2.45, 2.75) is 76.6 Å². The van der Waals surface area contributed by atoms with Crippen molar-refractivity contribution in [1.82, 2.24) is 5.32 Å². The molecule has 2 aromatic carbocycles. The fourth-order valence-corrected chi connectivity index (χ4v) is 5.27. The Kier molecular flexibility index (Phi) is 6.30. The Morgan fingerprint density at radius 3 is 2.42 bits per heavy atom. The van der Waals surface area contributed by atoms with Crippen molar-refractivity contribution in [2.75, 3.05) is 11.4 Å². The number of hydrogen-bond acceptors (Lipinski definition) is 6. The highest BCUT2D eigenvalue weighted by molar-refractivity contribution is 6.62. The number of ether oxygens (including phenoxy) is 1. The predicted octanol–water partition coefficient (Wildman–Crippen LogP) is 4.19. The number of para-hydroxylation sites is 1. The van der Waals surface area contributed by atoms with E-state index in [2.05, 4.69) is 19.9 Å². The molecule has 0 radical (unpaired) electrons. The number of amidine groups is 1. The molecule has 7 nitrogen and oxygen atoms in total. The second-order valence-electron chi connectivity index (χ2n) is 11.2. The maximum Gasteiger partial charge on any atom is 0.573 e. The average molecular weight is 529 g/mol. The van der Waals surface area contributed by atoms with Crippen LogP contribution in [0.5, 0.6) is 5.75 Å². The Labute approximate surface area is 220 Å². The molecule has 0 saturated carbocycles. The molecule has 2 saturated heterocycles. The lowest BCUT2D eigenvalue weighted by molar-refractivity contribution is -0.274. The topological polar surface area (TPSA) is 72.4 Å². The van der Waals surface area contributed by atoms with Gasteiger partial charge in [0.15, 0.2) is 0 Å². The van der Waals surface area contributed by atoms with Crippen LogP contribution in [-0.2, 0) is 14.1 Å². The molecule has 1 spiro atoms. The monoisotopic (exact) mass is 529 g/mol. The first kappa shape index (κ1) is 26.6. The van der Waals surface area contributed by atoms with Crippen molar-refractivity contribution in [3.63, 3.8) is 0 Å². The number of anilines is 1. The van der Waals surface area contributed by atoms with E-state index < -0.39 is 36.0 Å². The number of carbonyl (C=O) groups excluding carboxylic acids is 1. The van der Waals surface area contributed by atoms with E-state index in [1.165, 1.54) is 18.2 Å². The van der Waals surface area contributed by atoms with E-state index in [0.717, 1.165) is 11.2 Å². The van der Waals surface area contributed by atoms with Crippen LogP contribution in [-0.4, -0.2) is 54.6 Å². The Balaban J connectivity index is 1.36. The fraction of sp³-hybridized carbons (Fsp3) is 0.481. The number of piperidine rings is 1. The third-order valence-corrected chi connectivity index (χ3v) is 8.01. The van der Waals surface area contributed by atoms with E-state index in [9.17, 15) is 18.0 Å². The Bertz CT molecular complexity index is 1270. The predicted molar refractivity (Wildman–Crippen MR) is 139 cm³/mol. The number of benzene rings is 2. The normalized spacial score (nSPS) is 26.5. The van der Waals surface area contributed by atoms with Crippen molar-refractivity contribution < 1.29 is 32.0 Å². The third-order valence-electron chi connectivity index (χ3n) is 8.01. The summed E-state index contributed by atoms with van der Waals surface area (Å²) in [6.07, 6.45) is -4.04. The summed E-state index contributed by atoms with van der Waals surface area (Å²) in [5, 5.41) is 2.71. The largest absolute Gasteiger partial charge is 0.573 e. The van der Waals surface area contributed by atoms with E-state index >= 15 is 0 Å². The highest BCUT2D eigenvalue weighted by Gasteiger charge is 2.52. The second kappa shape index (κ2) is 9.02. The summed E-state index contributed by atoms with van der Waals surface area (Å²) in [4.78, 5) is 20.0. The number of rotatable bonds is 4. The smallest absolute Gasteiger partial charge is 0.405 e. The van der Waals surface area contributed by atoms with Gasteiger partial charge < -0.3 is 24.3 Å². The van der Waals surface area contributed by atoms with Crippen LogP contribution in [0.15, 0.2) is 53.5 Å². The van der Waals surface area contributed by atoms with Crippen molar-refractivity contribution in [3.8, 4) is 5.75 Å². The van der Waals surface area contributed by atoms with E-state index in [1.54, 1.807) is 6.07 Å². The van der Waals surface area contributed by atoms with Crippen molar-refractivity contribution in [2.24, 2.45) is 4.99 Å². The van der Waals surface area contributed by atoms with Gasteiger partial charge in [-0.15, -0.1) is 13.2 Å². The summed E-state index contributed by atoms with van der Waals surface area (Å²) in [6.45, 7) is 10.6. The molecule has 2 atom stereocenters. The summed E-state index contributed by atoms with van der Waals surface area (Å²) in [5.41, 5.74) is 0.0294. The Morgan fingerprint density at radius 2 is 1.76 bits per heavy atom. The lowest BCUT2D eigenvalue weighted by Crippen LogP contribution is -2.53. The van der Waals surface area contributed by atoms with Gasteiger partial charge in [-0.3, -0.25) is 9.79 Å². The fourth-order valence-electron chi connectivity index (χ4n) is 5.27. The van der Waals surface area contributed by atoms with Gasteiger partial charge in [0.05, 0.1) is 16.8 Å². The molecule has 38 heavy (non-hydrogen) atoms. The zero-order valence-corrected chi connectivity index (χ0v) is 22.1. The summed E-state index contributed by atoms with van der Waals surface area (Å²) in [5.74, 6) is -0.619. The molecule has 0 unspecified atom stereocenters. The minimum atomic E-state index is -4.86. The molecular formula is C27H31BF3N3O4. The molecule has 1 N–H and O–H groups in total. The Morgan fingerprint density at radius 1 is 1.08 bits per heavy atom. The molecule has 0 aromatic heterocycles. The molecule has 2 fully saturated rings. The number of nitrogens with zero attached hydrogens (tertiary/aromatic N) is 2. The average Bonchev–Trinajstić information content (AvgIpc) is 3.24. The van der Waals surface area contributed by atoms with Crippen LogP contribution in [0.1, 0.15) is 53.0 Å². The molecule has 3 aliphatic heterocycles. The van der Waals surface area contributed by atoms with Crippen LogP contribution >= 0.6 is 0 Å². The van der Waals surface area contributed by atoms with Gasteiger partial charge in [0, 0.05) is 24.7 Å². The number of aliphatic imine (C=N–C) groups is 1. The van der Waals surface area contributed by atoms with Gasteiger partial charge in [-0.1, -0.05) is 24.3 Å². The van der Waals surface area contributed by atoms with Gasteiger partial charge in [0.2, 0.25) is 0 Å². The van der Waals surface area contributed by atoms with Crippen molar-refractivity contribution in [3.05, 3.63) is 54.1 Å². The number of alkyl halides is 3. The maximum absolute atomic E-state index is 13.1. The van der Waals surface area contributed by atoms with Gasteiger partial charge >= 0.3 is 13.5 Å². The lowest BCUT2D eigenvalue weighted by atomic mass is 9.78. The van der Waals surface area contributed by atoms with E-state index in [0.29, 0.717) is 19.4 Å². The second-order valence-corrected chi connectivity index (χ2v) is 11.2. The van der Waals surface area contributed by atoms with E-state index in [1.807, 2.05) is 58.9 Å². The van der Waals surface area contributed by atoms with Crippen LogP contribution in [0, 0.1) is 0 Å². The summed E-state index contributed by atoms with van der Waals surface area (Å²) in [6, 6.07) is 13.6. The van der Waals surface area contributed by atoms with Crippen LogP contribution < -0.4 is 20.4 Å². The molecule has 5 rings (SSSR count). The van der Waals surface area contributed by atoms with Crippen LogP contribution in [0.3, 0.4) is 0 Å². The van der Waals surface area contributed by atoms with Crippen molar-refractivity contribution in [1.29, 1.82) is 0 Å². The molecule has 11 heteroatoms. The first-order chi connectivity index (χ1) is 17.7.